The Hall–Kier alpha value is -2.63. The number of benzene rings is 2. The molecule has 2 aromatic carbocycles. The van der Waals surface area contributed by atoms with Gasteiger partial charge in [-0.15, -0.1) is 0 Å². The van der Waals surface area contributed by atoms with Crippen molar-refractivity contribution in [3.05, 3.63) is 59.1 Å². The van der Waals surface area contributed by atoms with E-state index in [-0.39, 0.29) is 34.3 Å². The topological polar surface area (TPSA) is 139 Å². The molecule has 0 bridgehead atoms. The molecule has 1 aliphatic heterocycles. The molecule has 3 rings (SSSR count). The summed E-state index contributed by atoms with van der Waals surface area (Å²) >= 11 is 5.78. The maximum atomic E-state index is 12.4. The summed E-state index contributed by atoms with van der Waals surface area (Å²) in [6.45, 7) is 0. The van der Waals surface area contributed by atoms with Crippen LogP contribution in [0.3, 0.4) is 0 Å². The third-order valence-electron chi connectivity index (χ3n) is 4.64. The van der Waals surface area contributed by atoms with E-state index >= 15 is 0 Å². The van der Waals surface area contributed by atoms with Crippen LogP contribution in [0.25, 0.3) is 0 Å². The van der Waals surface area contributed by atoms with E-state index in [9.17, 15) is 26.4 Å². The van der Waals surface area contributed by atoms with Crippen LogP contribution in [0.5, 0.6) is 0 Å². The molecule has 2 amide bonds. The lowest BCUT2D eigenvalue weighted by molar-refractivity contribution is -0.122. The normalized spacial score (nSPS) is 17.6. The number of amides is 2. The van der Waals surface area contributed by atoms with Gasteiger partial charge in [0, 0.05) is 22.7 Å². The zero-order valence-corrected chi connectivity index (χ0v) is 18.6. The molecular weight excluding hydrogens is 466 g/mol. The third kappa shape index (κ3) is 6.42. The standard InChI is InChI=1S/C19H20ClN3O6S2/c20-15-3-5-16(6-4-15)23-31(28,29)17-7-1-14(2-8-17)19(25)22-21-18(24)11-13-9-10-30(26,27)12-13/h1-8,13,23H,9-12H2,(H,21,24)(H,22,25). The number of sulfonamides is 1. The van der Waals surface area contributed by atoms with Crippen LogP contribution in [0, 0.1) is 5.92 Å². The van der Waals surface area contributed by atoms with Crippen molar-refractivity contribution in [1.82, 2.24) is 10.9 Å². The number of hydrogen-bond donors (Lipinski definition) is 3. The Bertz CT molecular complexity index is 1180. The zero-order valence-electron chi connectivity index (χ0n) is 16.2. The first-order valence-corrected chi connectivity index (χ1v) is 12.9. The summed E-state index contributed by atoms with van der Waals surface area (Å²) in [5.41, 5.74) is 4.94. The highest BCUT2D eigenvalue weighted by molar-refractivity contribution is 7.92. The van der Waals surface area contributed by atoms with Crippen molar-refractivity contribution in [2.75, 3.05) is 16.2 Å². The van der Waals surface area contributed by atoms with Crippen LogP contribution < -0.4 is 15.6 Å². The monoisotopic (exact) mass is 485 g/mol. The summed E-state index contributed by atoms with van der Waals surface area (Å²) in [5.74, 6) is -1.36. The number of anilines is 1. The number of hydrazine groups is 1. The summed E-state index contributed by atoms with van der Waals surface area (Å²) in [7, 11) is -6.94. The highest BCUT2D eigenvalue weighted by atomic mass is 35.5. The van der Waals surface area contributed by atoms with Crippen molar-refractivity contribution < 1.29 is 26.4 Å². The number of carbonyl (C=O) groups excluding carboxylic acids is 2. The van der Waals surface area contributed by atoms with Gasteiger partial charge in [0.15, 0.2) is 9.84 Å². The molecule has 0 spiro atoms. The number of hydrogen-bond acceptors (Lipinski definition) is 6. The van der Waals surface area contributed by atoms with E-state index in [1.54, 1.807) is 12.1 Å². The smallest absolute Gasteiger partial charge is 0.269 e. The third-order valence-corrected chi connectivity index (χ3v) is 8.13. The second-order valence-corrected chi connectivity index (χ2v) is 11.5. The number of nitrogens with one attached hydrogen (secondary N) is 3. The van der Waals surface area contributed by atoms with E-state index in [1.807, 2.05) is 0 Å². The van der Waals surface area contributed by atoms with Crippen molar-refractivity contribution in [3.63, 3.8) is 0 Å². The van der Waals surface area contributed by atoms with Crippen molar-refractivity contribution in [2.24, 2.45) is 5.92 Å². The van der Waals surface area contributed by atoms with Gasteiger partial charge in [-0.1, -0.05) is 11.6 Å². The Labute approximate surface area is 185 Å². The van der Waals surface area contributed by atoms with Crippen molar-refractivity contribution in [1.29, 1.82) is 0 Å². The Balaban J connectivity index is 1.54. The average Bonchev–Trinajstić information content (AvgIpc) is 3.06. The number of halogens is 1. The predicted octanol–water partition coefficient (Wildman–Crippen LogP) is 1.73. The fraction of sp³-hybridized carbons (Fsp3) is 0.263. The number of rotatable bonds is 6. The second-order valence-electron chi connectivity index (χ2n) is 7.11. The molecule has 2 aromatic rings. The van der Waals surface area contributed by atoms with Crippen LogP contribution in [0.2, 0.25) is 5.02 Å². The molecule has 0 aromatic heterocycles. The molecular formula is C19H20ClN3O6S2. The summed E-state index contributed by atoms with van der Waals surface area (Å²) < 4.78 is 50.2. The van der Waals surface area contributed by atoms with Crippen molar-refractivity contribution in [2.45, 2.75) is 17.7 Å². The van der Waals surface area contributed by atoms with E-state index in [1.165, 1.54) is 36.4 Å². The average molecular weight is 486 g/mol. The van der Waals surface area contributed by atoms with Gasteiger partial charge in [0.2, 0.25) is 5.91 Å². The summed E-state index contributed by atoms with van der Waals surface area (Å²) in [6.07, 6.45) is 0.413. The quantitative estimate of drug-likeness (QED) is 0.532. The molecule has 3 N–H and O–H groups in total. The van der Waals surface area contributed by atoms with Crippen LogP contribution in [-0.4, -0.2) is 40.2 Å². The number of carbonyl (C=O) groups is 2. The van der Waals surface area contributed by atoms with E-state index < -0.39 is 31.7 Å². The lowest BCUT2D eigenvalue weighted by Crippen LogP contribution is -2.42. The van der Waals surface area contributed by atoms with E-state index in [2.05, 4.69) is 15.6 Å². The maximum absolute atomic E-state index is 12.4. The Morgan fingerprint density at radius 2 is 1.65 bits per heavy atom. The molecule has 0 aliphatic carbocycles. The van der Waals surface area contributed by atoms with E-state index in [0.717, 1.165) is 0 Å². The molecule has 0 saturated carbocycles. The lowest BCUT2D eigenvalue weighted by Gasteiger charge is -2.11. The molecule has 0 radical (unpaired) electrons. The number of sulfone groups is 1. The van der Waals surface area contributed by atoms with Gasteiger partial charge in [-0.2, -0.15) is 0 Å². The SMILES string of the molecule is O=C(CC1CCS(=O)(=O)C1)NNC(=O)c1ccc(S(=O)(=O)Nc2ccc(Cl)cc2)cc1. The Morgan fingerprint density at radius 1 is 1.00 bits per heavy atom. The zero-order chi connectivity index (χ0) is 22.6. The minimum absolute atomic E-state index is 0.00689. The van der Waals surface area contributed by atoms with Gasteiger partial charge in [-0.3, -0.25) is 25.2 Å². The van der Waals surface area contributed by atoms with Gasteiger partial charge in [0.05, 0.1) is 16.4 Å². The van der Waals surface area contributed by atoms with Crippen LogP contribution >= 0.6 is 11.6 Å². The van der Waals surface area contributed by atoms with Crippen molar-refractivity contribution in [3.8, 4) is 0 Å². The summed E-state index contributed by atoms with van der Waals surface area (Å²) in [6, 6.07) is 11.3. The minimum Gasteiger partial charge on any atom is -0.280 e. The highest BCUT2D eigenvalue weighted by Crippen LogP contribution is 2.21. The lowest BCUT2D eigenvalue weighted by atomic mass is 10.1. The van der Waals surface area contributed by atoms with Gasteiger partial charge in [0.1, 0.15) is 0 Å². The Kier molecular flexibility index (Phi) is 6.87. The maximum Gasteiger partial charge on any atom is 0.269 e. The first-order chi connectivity index (χ1) is 14.5. The van der Waals surface area contributed by atoms with Gasteiger partial charge in [-0.25, -0.2) is 16.8 Å². The second kappa shape index (κ2) is 9.25. The summed E-state index contributed by atoms with van der Waals surface area (Å²) in [4.78, 5) is 24.0. The summed E-state index contributed by atoms with van der Waals surface area (Å²) in [5, 5.41) is 0.471. The molecule has 1 heterocycles. The molecule has 166 valence electrons. The molecule has 12 heteroatoms. The first-order valence-electron chi connectivity index (χ1n) is 9.22. The molecule has 1 aliphatic rings. The molecule has 9 nitrogen and oxygen atoms in total. The highest BCUT2D eigenvalue weighted by Gasteiger charge is 2.29. The van der Waals surface area contributed by atoms with E-state index in [0.29, 0.717) is 17.1 Å². The van der Waals surface area contributed by atoms with Gasteiger partial charge >= 0.3 is 0 Å². The molecule has 1 atom stereocenters. The largest absolute Gasteiger partial charge is 0.280 e. The molecule has 1 fully saturated rings. The minimum atomic E-state index is -3.86. The van der Waals surface area contributed by atoms with Crippen LogP contribution in [-0.2, 0) is 24.7 Å². The van der Waals surface area contributed by atoms with Gasteiger partial charge < -0.3 is 0 Å². The fourth-order valence-corrected chi connectivity index (χ4v) is 6.11. The van der Waals surface area contributed by atoms with Crippen LogP contribution in [0.4, 0.5) is 5.69 Å². The molecule has 1 saturated heterocycles. The fourth-order valence-electron chi connectivity index (χ4n) is 3.06. The van der Waals surface area contributed by atoms with Crippen LogP contribution in [0.1, 0.15) is 23.2 Å². The van der Waals surface area contributed by atoms with Crippen LogP contribution in [0.15, 0.2) is 53.4 Å². The molecule has 31 heavy (non-hydrogen) atoms. The van der Waals surface area contributed by atoms with Crippen molar-refractivity contribution >= 4 is 49.0 Å². The predicted molar refractivity (Wildman–Crippen MR) is 116 cm³/mol. The molecule has 1 unspecified atom stereocenters. The van der Waals surface area contributed by atoms with Gasteiger partial charge in [0.25, 0.3) is 15.9 Å². The first kappa shape index (κ1) is 23.0. The Morgan fingerprint density at radius 3 is 2.23 bits per heavy atom. The van der Waals surface area contributed by atoms with E-state index in [4.69, 9.17) is 11.6 Å². The van der Waals surface area contributed by atoms with Gasteiger partial charge in [-0.05, 0) is 60.9 Å².